The van der Waals surface area contributed by atoms with E-state index in [1.54, 1.807) is 0 Å². The van der Waals surface area contributed by atoms with E-state index in [-0.39, 0.29) is 0 Å². The molecule has 4 heteroatoms. The molecule has 1 aliphatic carbocycles. The topological polar surface area (TPSA) is 19.7 Å². The lowest BCUT2D eigenvalue weighted by Gasteiger charge is -2.34. The van der Waals surface area contributed by atoms with Gasteiger partial charge in [-0.25, -0.2) is 0 Å². The zero-order chi connectivity index (χ0) is 50.3. The molecule has 0 aliphatic heterocycles. The van der Waals surface area contributed by atoms with Gasteiger partial charge in [0, 0.05) is 65.8 Å². The minimum atomic E-state index is -0.668. The zero-order valence-corrected chi connectivity index (χ0v) is 41.8. The van der Waals surface area contributed by atoms with E-state index in [0.29, 0.717) is 0 Å². The molecule has 0 saturated heterocycles. The highest BCUT2D eigenvalue weighted by Gasteiger charge is 2.46. The molecule has 0 saturated carbocycles. The molecule has 77 heavy (non-hydrogen) atoms. The molecule has 0 radical (unpaired) electrons. The maximum absolute atomic E-state index is 2.54. The Balaban J connectivity index is 0.986. The molecule has 0 fully saturated rings. The van der Waals surface area contributed by atoms with Crippen molar-refractivity contribution in [2.45, 2.75) is 5.41 Å². The molecule has 0 amide bonds. The molecule has 0 unspecified atom stereocenters. The number of hydrogen-bond acceptors (Lipinski definition) is 0. The van der Waals surface area contributed by atoms with Crippen LogP contribution < -0.4 is 0 Å². The van der Waals surface area contributed by atoms with Crippen molar-refractivity contribution in [2.24, 2.45) is 0 Å². The van der Waals surface area contributed by atoms with Gasteiger partial charge in [-0.15, -0.1) is 0 Å². The summed E-state index contributed by atoms with van der Waals surface area (Å²) in [6, 6.07) is 104. The lowest BCUT2D eigenvalue weighted by molar-refractivity contribution is 0.771. The molecule has 0 bridgehead atoms. The molecule has 4 heterocycles. The van der Waals surface area contributed by atoms with Crippen molar-refractivity contribution in [3.63, 3.8) is 0 Å². The van der Waals surface area contributed by atoms with Crippen LogP contribution in [0.4, 0.5) is 0 Å². The summed E-state index contributed by atoms with van der Waals surface area (Å²) in [5, 5.41) is 9.85. The monoisotopic (exact) mass is 978 g/mol. The van der Waals surface area contributed by atoms with E-state index in [1.807, 2.05) is 0 Å². The van der Waals surface area contributed by atoms with Crippen molar-refractivity contribution >= 4 is 87.2 Å². The average Bonchev–Trinajstić information content (AvgIpc) is 4.47. The highest BCUT2D eigenvalue weighted by Crippen LogP contribution is 2.57. The number of rotatable bonds is 6. The fraction of sp³-hybridized carbons (Fsp3) is 0.0137. The first-order chi connectivity index (χ1) is 38.2. The normalized spacial score (nSPS) is 13.0. The van der Waals surface area contributed by atoms with E-state index >= 15 is 0 Å². The first kappa shape index (κ1) is 42.2. The van der Waals surface area contributed by atoms with Crippen LogP contribution in [0, 0.1) is 0 Å². The highest BCUT2D eigenvalue weighted by atomic mass is 15.0. The Bertz CT molecular complexity index is 4750. The van der Waals surface area contributed by atoms with Crippen LogP contribution in [0.2, 0.25) is 0 Å². The molecule has 17 rings (SSSR count). The SMILES string of the molecule is c1ccc(-n2c3ccccc3c3cc4c5cc(C6(c7ccc8c(c7)c7cc9c%10ccccc%10n(-c%10ccccc%10)c9cc7n8-c7ccccc7)c7ccccc7-c7ccccc76)ccc5n(-c5ccccc5)c4cc32)cc1. The van der Waals surface area contributed by atoms with E-state index in [1.165, 1.54) is 121 Å². The van der Waals surface area contributed by atoms with Gasteiger partial charge in [0.2, 0.25) is 0 Å². The van der Waals surface area contributed by atoms with Gasteiger partial charge in [0.25, 0.3) is 0 Å². The average molecular weight is 979 g/mol. The maximum atomic E-state index is 2.54. The van der Waals surface area contributed by atoms with E-state index in [9.17, 15) is 0 Å². The van der Waals surface area contributed by atoms with Crippen molar-refractivity contribution in [1.82, 2.24) is 18.3 Å². The number of hydrogen-bond donors (Lipinski definition) is 0. The minimum Gasteiger partial charge on any atom is -0.309 e. The van der Waals surface area contributed by atoms with Gasteiger partial charge in [0.15, 0.2) is 0 Å². The number of nitrogens with zero attached hydrogens (tertiary/aromatic N) is 4. The van der Waals surface area contributed by atoms with E-state index < -0.39 is 5.41 Å². The van der Waals surface area contributed by atoms with Crippen molar-refractivity contribution in [2.75, 3.05) is 0 Å². The van der Waals surface area contributed by atoms with Gasteiger partial charge in [-0.3, -0.25) is 0 Å². The van der Waals surface area contributed by atoms with Gasteiger partial charge in [0.1, 0.15) is 0 Å². The van der Waals surface area contributed by atoms with Crippen LogP contribution in [0.5, 0.6) is 0 Å². The Morgan fingerprint density at radius 1 is 0.195 bits per heavy atom. The van der Waals surface area contributed by atoms with Crippen LogP contribution >= 0.6 is 0 Å². The van der Waals surface area contributed by atoms with Crippen LogP contribution in [0.15, 0.2) is 279 Å². The zero-order valence-electron chi connectivity index (χ0n) is 41.8. The molecule has 0 atom stereocenters. The van der Waals surface area contributed by atoms with Crippen LogP contribution in [0.1, 0.15) is 22.3 Å². The predicted octanol–water partition coefficient (Wildman–Crippen LogP) is 18.4. The van der Waals surface area contributed by atoms with Crippen LogP contribution in [0.25, 0.3) is 121 Å². The first-order valence-corrected chi connectivity index (χ1v) is 26.7. The lowest BCUT2D eigenvalue weighted by Crippen LogP contribution is -2.28. The van der Waals surface area contributed by atoms with Crippen LogP contribution in [0.3, 0.4) is 0 Å². The van der Waals surface area contributed by atoms with Gasteiger partial charge in [0.05, 0.1) is 49.5 Å². The maximum Gasteiger partial charge on any atom is 0.0714 e. The molecule has 16 aromatic rings. The predicted molar refractivity (Wildman–Crippen MR) is 321 cm³/mol. The third-order valence-electron chi connectivity index (χ3n) is 17.0. The van der Waals surface area contributed by atoms with Crippen molar-refractivity contribution < 1.29 is 0 Å². The van der Waals surface area contributed by atoms with Gasteiger partial charge < -0.3 is 18.3 Å². The lowest BCUT2D eigenvalue weighted by atomic mass is 9.67. The molecular formula is C73H46N4. The molecule has 1 aliphatic rings. The van der Waals surface area contributed by atoms with Crippen LogP contribution in [-0.2, 0) is 5.41 Å². The second kappa shape index (κ2) is 15.9. The molecule has 4 aromatic heterocycles. The quantitative estimate of drug-likeness (QED) is 0.158. The highest BCUT2D eigenvalue weighted by molar-refractivity contribution is 6.21. The molecule has 4 nitrogen and oxygen atoms in total. The number of fused-ring (bicyclic) bond motifs is 15. The molecule has 12 aromatic carbocycles. The molecule has 0 spiro atoms. The van der Waals surface area contributed by atoms with Gasteiger partial charge >= 0.3 is 0 Å². The minimum absolute atomic E-state index is 0.668. The van der Waals surface area contributed by atoms with Gasteiger partial charge in [-0.2, -0.15) is 0 Å². The summed E-state index contributed by atoms with van der Waals surface area (Å²) in [4.78, 5) is 0. The fourth-order valence-electron chi connectivity index (χ4n) is 13.9. The molecule has 0 N–H and O–H groups in total. The Morgan fingerprint density at radius 2 is 0.481 bits per heavy atom. The number of benzene rings is 12. The Hall–Kier alpha value is -10.2. The Kier molecular flexibility index (Phi) is 8.73. The second-order valence-corrected chi connectivity index (χ2v) is 20.8. The third-order valence-corrected chi connectivity index (χ3v) is 17.0. The summed E-state index contributed by atoms with van der Waals surface area (Å²) in [6.07, 6.45) is 0. The van der Waals surface area contributed by atoms with E-state index in [0.717, 1.165) is 22.7 Å². The number of aromatic nitrogens is 4. The Labute approximate surface area is 443 Å². The summed E-state index contributed by atoms with van der Waals surface area (Å²) in [7, 11) is 0. The molecule has 358 valence electrons. The van der Waals surface area contributed by atoms with Crippen molar-refractivity contribution in [3.8, 4) is 33.9 Å². The summed E-state index contributed by atoms with van der Waals surface area (Å²) in [5.74, 6) is 0. The second-order valence-electron chi connectivity index (χ2n) is 20.8. The van der Waals surface area contributed by atoms with Gasteiger partial charge in [-0.05, 0) is 143 Å². The van der Waals surface area contributed by atoms with Crippen molar-refractivity contribution in [1.29, 1.82) is 0 Å². The van der Waals surface area contributed by atoms with Crippen molar-refractivity contribution in [3.05, 3.63) is 301 Å². The fourth-order valence-corrected chi connectivity index (χ4v) is 13.9. The van der Waals surface area contributed by atoms with E-state index in [4.69, 9.17) is 0 Å². The van der Waals surface area contributed by atoms with Gasteiger partial charge in [-0.1, -0.05) is 170 Å². The summed E-state index contributed by atoms with van der Waals surface area (Å²) < 4.78 is 9.82. The smallest absolute Gasteiger partial charge is 0.0714 e. The largest absolute Gasteiger partial charge is 0.309 e. The summed E-state index contributed by atoms with van der Waals surface area (Å²) in [6.45, 7) is 0. The van der Waals surface area contributed by atoms with E-state index in [2.05, 4.69) is 297 Å². The first-order valence-electron chi connectivity index (χ1n) is 26.7. The summed E-state index contributed by atoms with van der Waals surface area (Å²) in [5.41, 5.74) is 21.0. The third kappa shape index (κ3) is 5.76. The Morgan fingerprint density at radius 3 is 0.857 bits per heavy atom. The standard InChI is InChI=1S/C73H46N4/c1-5-21-49(22-6-1)74-65-35-19-15-31-55(65)59-43-61-57-41-47(37-39-67(57)76(71(61)45-69(59)74)51-25-9-3-10-26-51)73(63-33-17-13-29-53(63)54-30-14-18-34-64(54)73)48-38-40-68-58(42-48)62-44-60-56-32-16-20-36-66(56)75(50-23-7-2-8-24-50)70(60)46-72(62)77(68)52-27-11-4-12-28-52/h1-46H. The molecular weight excluding hydrogens is 933 g/mol. The van der Waals surface area contributed by atoms with Crippen LogP contribution in [-0.4, -0.2) is 18.3 Å². The number of para-hydroxylation sites is 6. The summed E-state index contributed by atoms with van der Waals surface area (Å²) >= 11 is 0.